The van der Waals surface area contributed by atoms with Gasteiger partial charge in [0.25, 0.3) is 5.56 Å². The summed E-state index contributed by atoms with van der Waals surface area (Å²) in [6, 6.07) is 7.10. The third-order valence-electron chi connectivity index (χ3n) is 4.32. The third kappa shape index (κ3) is 3.26. The van der Waals surface area contributed by atoms with E-state index in [4.69, 9.17) is 0 Å². The monoisotopic (exact) mass is 334 g/mol. The van der Waals surface area contributed by atoms with Crippen LogP contribution >= 0.6 is 0 Å². The van der Waals surface area contributed by atoms with Crippen molar-refractivity contribution in [1.82, 2.24) is 24.7 Å². The average molecular weight is 334 g/mol. The second-order valence-corrected chi connectivity index (χ2v) is 6.26. The molecule has 0 bridgehead atoms. The topological polar surface area (TPSA) is 76.8 Å². The Balaban J connectivity index is 1.45. The van der Waals surface area contributed by atoms with Gasteiger partial charge in [0.05, 0.1) is 30.3 Å². The van der Waals surface area contributed by atoms with Crippen molar-refractivity contribution in [2.45, 2.75) is 13.5 Å². The molecule has 1 aliphatic rings. The molecule has 0 N–H and O–H groups in total. The van der Waals surface area contributed by atoms with Gasteiger partial charge in [-0.25, -0.2) is 9.67 Å². The van der Waals surface area contributed by atoms with Crippen molar-refractivity contribution in [1.29, 1.82) is 0 Å². The Labute approximate surface area is 145 Å². The van der Waals surface area contributed by atoms with Crippen LogP contribution in [0.4, 0.5) is 5.82 Å². The molecule has 1 saturated heterocycles. The Kier molecular flexibility index (Phi) is 3.97. The standard InChI is InChI=1S/C18H18N6O/c1-13-8-21-17(9-20-13)23-10-14(11-23)12-24-18(25)3-2-16(22-24)15-4-6-19-7-5-15/h2-9,14H,10-12H2,1H3. The maximum absolute atomic E-state index is 12.1. The molecule has 0 aliphatic carbocycles. The van der Waals surface area contributed by atoms with Crippen molar-refractivity contribution in [2.75, 3.05) is 18.0 Å². The van der Waals surface area contributed by atoms with Crippen LogP contribution in [0.5, 0.6) is 0 Å². The van der Waals surface area contributed by atoms with Crippen LogP contribution in [0.3, 0.4) is 0 Å². The molecule has 4 rings (SSSR count). The summed E-state index contributed by atoms with van der Waals surface area (Å²) >= 11 is 0. The highest BCUT2D eigenvalue weighted by Gasteiger charge is 2.28. The van der Waals surface area contributed by atoms with Crippen molar-refractivity contribution < 1.29 is 0 Å². The molecule has 3 aromatic heterocycles. The second kappa shape index (κ2) is 6.43. The van der Waals surface area contributed by atoms with Crippen LogP contribution in [0.2, 0.25) is 0 Å². The molecule has 7 nitrogen and oxygen atoms in total. The lowest BCUT2D eigenvalue weighted by atomic mass is 10.0. The smallest absolute Gasteiger partial charge is 0.266 e. The molecule has 0 radical (unpaired) electrons. The van der Waals surface area contributed by atoms with Crippen molar-refractivity contribution in [2.24, 2.45) is 5.92 Å². The first-order valence-electron chi connectivity index (χ1n) is 8.21. The first-order valence-corrected chi connectivity index (χ1v) is 8.21. The largest absolute Gasteiger partial charge is 0.355 e. The van der Waals surface area contributed by atoms with E-state index in [1.807, 2.05) is 19.1 Å². The molecule has 0 atom stereocenters. The van der Waals surface area contributed by atoms with Crippen LogP contribution in [0.25, 0.3) is 11.3 Å². The Bertz CT molecular complexity index is 916. The molecule has 0 spiro atoms. The van der Waals surface area contributed by atoms with E-state index in [1.165, 1.54) is 0 Å². The van der Waals surface area contributed by atoms with Crippen LogP contribution in [-0.4, -0.2) is 37.8 Å². The Morgan fingerprint density at radius 1 is 1.08 bits per heavy atom. The first-order chi connectivity index (χ1) is 12.2. The van der Waals surface area contributed by atoms with Crippen LogP contribution < -0.4 is 10.5 Å². The van der Waals surface area contributed by atoms with Crippen molar-refractivity contribution in [3.05, 3.63) is 65.1 Å². The molecule has 1 fully saturated rings. The third-order valence-corrected chi connectivity index (χ3v) is 4.32. The molecule has 0 amide bonds. The summed E-state index contributed by atoms with van der Waals surface area (Å²) in [6.07, 6.45) is 7.00. The zero-order valence-electron chi connectivity index (χ0n) is 13.9. The predicted octanol–water partition coefficient (Wildman–Crippen LogP) is 1.54. The number of rotatable bonds is 4. The van der Waals surface area contributed by atoms with E-state index in [1.54, 1.807) is 41.6 Å². The number of hydrogen-bond donors (Lipinski definition) is 0. The van der Waals surface area contributed by atoms with Gasteiger partial charge in [0.1, 0.15) is 5.82 Å². The molecule has 126 valence electrons. The highest BCUT2D eigenvalue weighted by Crippen LogP contribution is 2.23. The van der Waals surface area contributed by atoms with E-state index in [-0.39, 0.29) is 5.56 Å². The zero-order chi connectivity index (χ0) is 17.2. The average Bonchev–Trinajstić information content (AvgIpc) is 2.61. The van der Waals surface area contributed by atoms with Gasteiger partial charge in [-0.1, -0.05) is 0 Å². The number of anilines is 1. The maximum atomic E-state index is 12.1. The minimum atomic E-state index is -0.0774. The lowest BCUT2D eigenvalue weighted by Gasteiger charge is -2.39. The summed E-state index contributed by atoms with van der Waals surface area (Å²) in [5, 5.41) is 4.50. The van der Waals surface area contributed by atoms with Crippen LogP contribution in [0, 0.1) is 12.8 Å². The molecule has 0 saturated carbocycles. The molecule has 0 unspecified atom stereocenters. The van der Waals surface area contributed by atoms with Crippen molar-refractivity contribution in [3.8, 4) is 11.3 Å². The fraction of sp³-hybridized carbons (Fsp3) is 0.278. The fourth-order valence-corrected chi connectivity index (χ4v) is 2.92. The van der Waals surface area contributed by atoms with Crippen molar-refractivity contribution in [3.63, 3.8) is 0 Å². The normalized spacial score (nSPS) is 14.4. The van der Waals surface area contributed by atoms with Crippen LogP contribution in [0.15, 0.2) is 53.8 Å². The van der Waals surface area contributed by atoms with Gasteiger partial charge < -0.3 is 4.90 Å². The van der Waals surface area contributed by atoms with E-state index >= 15 is 0 Å². The lowest BCUT2D eigenvalue weighted by molar-refractivity contribution is 0.333. The Hall–Kier alpha value is -3.09. The second-order valence-electron chi connectivity index (χ2n) is 6.26. The molecule has 25 heavy (non-hydrogen) atoms. The van der Waals surface area contributed by atoms with Gasteiger partial charge in [-0.2, -0.15) is 5.10 Å². The van der Waals surface area contributed by atoms with Gasteiger partial charge >= 0.3 is 0 Å². The molecule has 1 aliphatic heterocycles. The Morgan fingerprint density at radius 3 is 2.60 bits per heavy atom. The summed E-state index contributed by atoms with van der Waals surface area (Å²) in [5.41, 5.74) is 2.56. The predicted molar refractivity (Wildman–Crippen MR) is 94.2 cm³/mol. The number of hydrogen-bond acceptors (Lipinski definition) is 6. The summed E-state index contributed by atoms with van der Waals surface area (Å²) < 4.78 is 1.55. The number of aromatic nitrogens is 5. The highest BCUT2D eigenvalue weighted by atomic mass is 16.1. The summed E-state index contributed by atoms with van der Waals surface area (Å²) in [5.74, 6) is 1.26. The van der Waals surface area contributed by atoms with Crippen LogP contribution in [-0.2, 0) is 6.54 Å². The van der Waals surface area contributed by atoms with Gasteiger partial charge in [-0.3, -0.25) is 14.8 Å². The highest BCUT2D eigenvalue weighted by molar-refractivity contribution is 5.57. The molecule has 3 aromatic rings. The van der Waals surface area contributed by atoms with Crippen LogP contribution in [0.1, 0.15) is 5.69 Å². The van der Waals surface area contributed by atoms with E-state index < -0.39 is 0 Å². The number of pyridine rings is 1. The van der Waals surface area contributed by atoms with Crippen molar-refractivity contribution >= 4 is 5.82 Å². The number of aryl methyl sites for hydroxylation is 1. The minimum absolute atomic E-state index is 0.0774. The van der Waals surface area contributed by atoms with Gasteiger partial charge in [0.2, 0.25) is 0 Å². The summed E-state index contributed by atoms with van der Waals surface area (Å²) in [7, 11) is 0. The molecule has 7 heteroatoms. The quantitative estimate of drug-likeness (QED) is 0.720. The molecular weight excluding hydrogens is 316 g/mol. The fourth-order valence-electron chi connectivity index (χ4n) is 2.92. The van der Waals surface area contributed by atoms with E-state index in [0.29, 0.717) is 12.5 Å². The van der Waals surface area contributed by atoms with Gasteiger partial charge in [-0.15, -0.1) is 0 Å². The SMILES string of the molecule is Cc1cnc(N2CC(Cn3nc(-c4ccncc4)ccc3=O)C2)cn1. The minimum Gasteiger partial charge on any atom is -0.355 e. The molecule has 4 heterocycles. The van der Waals surface area contributed by atoms with E-state index in [2.05, 4.69) is 25.0 Å². The number of nitrogens with zero attached hydrogens (tertiary/aromatic N) is 6. The maximum Gasteiger partial charge on any atom is 0.266 e. The summed E-state index contributed by atoms with van der Waals surface area (Å²) in [6.45, 7) is 4.23. The zero-order valence-corrected chi connectivity index (χ0v) is 13.9. The summed E-state index contributed by atoms with van der Waals surface area (Å²) in [4.78, 5) is 27.0. The lowest BCUT2D eigenvalue weighted by Crippen LogP contribution is -2.50. The van der Waals surface area contributed by atoms with Gasteiger partial charge in [-0.05, 0) is 25.1 Å². The van der Waals surface area contributed by atoms with Gasteiger partial charge in [0.15, 0.2) is 0 Å². The Morgan fingerprint density at radius 2 is 1.88 bits per heavy atom. The molecular formula is C18H18N6O. The van der Waals surface area contributed by atoms with E-state index in [9.17, 15) is 4.79 Å². The van der Waals surface area contributed by atoms with E-state index in [0.717, 1.165) is 35.9 Å². The van der Waals surface area contributed by atoms with Gasteiger partial charge in [0, 0.05) is 43.0 Å². The molecule has 0 aromatic carbocycles. The first kappa shape index (κ1) is 15.4.